The minimum atomic E-state index is -3.40. The molecule has 1 aromatic rings. The van der Waals surface area contributed by atoms with Gasteiger partial charge >= 0.3 is 0 Å². The molecule has 1 aromatic heterocycles. The van der Waals surface area contributed by atoms with Crippen molar-refractivity contribution in [1.29, 1.82) is 0 Å². The summed E-state index contributed by atoms with van der Waals surface area (Å²) in [5.41, 5.74) is 0. The van der Waals surface area contributed by atoms with E-state index in [2.05, 4.69) is 20.3 Å². The van der Waals surface area contributed by atoms with Crippen molar-refractivity contribution in [2.45, 2.75) is 23.5 Å². The molecule has 3 N–H and O–H groups in total. The van der Waals surface area contributed by atoms with Gasteiger partial charge in [0, 0.05) is 39.9 Å². The quantitative estimate of drug-likeness (QED) is 0.185. The van der Waals surface area contributed by atoms with Crippen molar-refractivity contribution in [3.63, 3.8) is 0 Å². The molecule has 0 bridgehead atoms. The fourth-order valence-electron chi connectivity index (χ4n) is 1.99. The number of ether oxygens (including phenoxy) is 1. The molecule has 1 fully saturated rings. The lowest BCUT2D eigenvalue weighted by Gasteiger charge is -2.12. The second-order valence-corrected chi connectivity index (χ2v) is 8.57. The van der Waals surface area contributed by atoms with E-state index in [0.717, 1.165) is 32.1 Å². The highest BCUT2D eigenvalue weighted by Crippen LogP contribution is 2.28. The minimum absolute atomic E-state index is 0. The predicted molar refractivity (Wildman–Crippen MR) is 112 cm³/mol. The molecule has 0 unspecified atom stereocenters. The Bertz CT molecular complexity index is 604. The topological polar surface area (TPSA) is 91.8 Å². The SMILES string of the molecule is CN=C(NCCCOCC1CC1)NCCNS(=O)(=O)c1cccs1.I. The van der Waals surface area contributed by atoms with Crippen molar-refractivity contribution >= 4 is 51.3 Å². The highest BCUT2D eigenvalue weighted by atomic mass is 127. The molecular formula is C15H27IN4O3S2. The molecule has 0 radical (unpaired) electrons. The Kier molecular flexibility index (Phi) is 10.9. The number of halogens is 1. The summed E-state index contributed by atoms with van der Waals surface area (Å²) in [4.78, 5) is 4.11. The van der Waals surface area contributed by atoms with E-state index in [0.29, 0.717) is 23.3 Å². The zero-order valence-electron chi connectivity index (χ0n) is 14.4. The highest BCUT2D eigenvalue weighted by molar-refractivity contribution is 14.0. The second kappa shape index (κ2) is 12.0. The van der Waals surface area contributed by atoms with E-state index in [1.54, 1.807) is 24.6 Å². The van der Waals surface area contributed by atoms with Crippen molar-refractivity contribution in [3.05, 3.63) is 17.5 Å². The molecule has 1 aliphatic rings. The molecule has 0 amide bonds. The van der Waals surface area contributed by atoms with Crippen LogP contribution in [-0.2, 0) is 14.8 Å². The number of hydrogen-bond donors (Lipinski definition) is 3. The molecule has 1 saturated carbocycles. The largest absolute Gasteiger partial charge is 0.381 e. The standard InChI is InChI=1S/C15H26N4O3S2.HI/c1-16-15(17-7-3-10-22-12-13-5-6-13)18-8-9-19-24(20,21)14-4-2-11-23-14;/h2,4,11,13,19H,3,5-10,12H2,1H3,(H2,16,17,18);1H. The van der Waals surface area contributed by atoms with E-state index in [9.17, 15) is 8.42 Å². The van der Waals surface area contributed by atoms with Crippen LogP contribution in [0, 0.1) is 5.92 Å². The van der Waals surface area contributed by atoms with Crippen LogP contribution in [0.3, 0.4) is 0 Å². The van der Waals surface area contributed by atoms with Crippen LogP contribution in [-0.4, -0.2) is 54.3 Å². The molecule has 2 rings (SSSR count). The van der Waals surface area contributed by atoms with Crippen molar-refractivity contribution in [2.24, 2.45) is 10.9 Å². The predicted octanol–water partition coefficient (Wildman–Crippen LogP) is 1.63. The van der Waals surface area contributed by atoms with E-state index in [1.807, 2.05) is 0 Å². The monoisotopic (exact) mass is 502 g/mol. The van der Waals surface area contributed by atoms with Gasteiger partial charge in [-0.3, -0.25) is 4.99 Å². The van der Waals surface area contributed by atoms with E-state index in [1.165, 1.54) is 24.2 Å². The van der Waals surface area contributed by atoms with E-state index < -0.39 is 10.0 Å². The van der Waals surface area contributed by atoms with Crippen LogP contribution in [0.25, 0.3) is 0 Å². The summed E-state index contributed by atoms with van der Waals surface area (Å²) in [6, 6.07) is 3.31. The lowest BCUT2D eigenvalue weighted by Crippen LogP contribution is -2.41. The first kappa shape index (κ1) is 22.6. The first-order chi connectivity index (χ1) is 11.6. The number of sulfonamides is 1. The Hall–Kier alpha value is -0.430. The Labute approximate surface area is 171 Å². The second-order valence-electron chi connectivity index (χ2n) is 5.63. The average molecular weight is 502 g/mol. The Morgan fingerprint density at radius 1 is 1.32 bits per heavy atom. The zero-order chi connectivity index (χ0) is 17.3. The van der Waals surface area contributed by atoms with Gasteiger partial charge in [0.1, 0.15) is 4.21 Å². The third-order valence-corrected chi connectivity index (χ3v) is 6.36. The fraction of sp³-hybridized carbons (Fsp3) is 0.667. The van der Waals surface area contributed by atoms with Crippen LogP contribution >= 0.6 is 35.3 Å². The van der Waals surface area contributed by atoms with Crippen molar-refractivity contribution in [3.8, 4) is 0 Å². The number of nitrogens with one attached hydrogen (secondary N) is 3. The summed E-state index contributed by atoms with van der Waals surface area (Å²) >= 11 is 1.20. The van der Waals surface area contributed by atoms with Crippen LogP contribution in [0.1, 0.15) is 19.3 Å². The lowest BCUT2D eigenvalue weighted by atomic mass is 10.4. The van der Waals surface area contributed by atoms with Gasteiger partial charge in [0.25, 0.3) is 0 Å². The normalized spacial score (nSPS) is 14.8. The van der Waals surface area contributed by atoms with Gasteiger partial charge in [0.2, 0.25) is 10.0 Å². The summed E-state index contributed by atoms with van der Waals surface area (Å²) in [5.74, 6) is 1.46. The number of aliphatic imine (C=N–C) groups is 1. The summed E-state index contributed by atoms with van der Waals surface area (Å²) in [6.07, 6.45) is 3.54. The molecule has 0 atom stereocenters. The highest BCUT2D eigenvalue weighted by Gasteiger charge is 2.20. The smallest absolute Gasteiger partial charge is 0.250 e. The first-order valence-electron chi connectivity index (χ1n) is 8.17. The van der Waals surface area contributed by atoms with Gasteiger partial charge in [-0.25, -0.2) is 13.1 Å². The lowest BCUT2D eigenvalue weighted by molar-refractivity contribution is 0.123. The van der Waals surface area contributed by atoms with Gasteiger partial charge in [-0.2, -0.15) is 0 Å². The number of rotatable bonds is 11. The van der Waals surface area contributed by atoms with E-state index in [4.69, 9.17) is 4.74 Å². The Morgan fingerprint density at radius 2 is 2.08 bits per heavy atom. The number of guanidine groups is 1. The molecule has 0 aromatic carbocycles. The van der Waals surface area contributed by atoms with Gasteiger partial charge in [-0.05, 0) is 36.6 Å². The van der Waals surface area contributed by atoms with E-state index in [-0.39, 0.29) is 24.0 Å². The molecular weight excluding hydrogens is 475 g/mol. The zero-order valence-corrected chi connectivity index (χ0v) is 18.3. The maximum atomic E-state index is 11.9. The van der Waals surface area contributed by atoms with E-state index >= 15 is 0 Å². The molecule has 0 aliphatic heterocycles. The number of nitrogens with zero attached hydrogens (tertiary/aromatic N) is 1. The molecule has 7 nitrogen and oxygen atoms in total. The number of thiophene rings is 1. The maximum Gasteiger partial charge on any atom is 0.250 e. The van der Waals surface area contributed by atoms with Crippen molar-refractivity contribution < 1.29 is 13.2 Å². The van der Waals surface area contributed by atoms with Gasteiger partial charge in [0.05, 0.1) is 0 Å². The van der Waals surface area contributed by atoms with Gasteiger partial charge in [-0.15, -0.1) is 35.3 Å². The average Bonchev–Trinajstić information content (AvgIpc) is 3.21. The minimum Gasteiger partial charge on any atom is -0.381 e. The Balaban J connectivity index is 0.00000312. The van der Waals surface area contributed by atoms with Gasteiger partial charge < -0.3 is 15.4 Å². The van der Waals surface area contributed by atoms with Gasteiger partial charge in [-0.1, -0.05) is 6.07 Å². The maximum absolute atomic E-state index is 11.9. The first-order valence-corrected chi connectivity index (χ1v) is 10.5. The molecule has 1 heterocycles. The molecule has 1 aliphatic carbocycles. The molecule has 10 heteroatoms. The van der Waals surface area contributed by atoms with Crippen LogP contribution in [0.5, 0.6) is 0 Å². The fourth-order valence-corrected chi connectivity index (χ4v) is 4.06. The molecule has 144 valence electrons. The summed E-state index contributed by atoms with van der Waals surface area (Å²) in [6.45, 7) is 3.16. The van der Waals surface area contributed by atoms with Crippen LogP contribution in [0.4, 0.5) is 0 Å². The van der Waals surface area contributed by atoms with Crippen LogP contribution in [0.2, 0.25) is 0 Å². The van der Waals surface area contributed by atoms with Crippen LogP contribution in [0.15, 0.2) is 26.7 Å². The summed E-state index contributed by atoms with van der Waals surface area (Å²) in [7, 11) is -1.71. The Morgan fingerprint density at radius 3 is 2.72 bits per heavy atom. The molecule has 0 spiro atoms. The van der Waals surface area contributed by atoms with Crippen molar-refractivity contribution in [2.75, 3.05) is 39.9 Å². The van der Waals surface area contributed by atoms with Crippen LogP contribution < -0.4 is 15.4 Å². The van der Waals surface area contributed by atoms with Gasteiger partial charge in [0.15, 0.2) is 5.96 Å². The number of hydrogen-bond acceptors (Lipinski definition) is 5. The summed E-state index contributed by atoms with van der Waals surface area (Å²) in [5, 5.41) is 8.01. The third-order valence-electron chi connectivity index (χ3n) is 3.50. The summed E-state index contributed by atoms with van der Waals surface area (Å²) < 4.78 is 32.3. The molecule has 25 heavy (non-hydrogen) atoms. The molecule has 0 saturated heterocycles. The third kappa shape index (κ3) is 9.18. The van der Waals surface area contributed by atoms with Crippen molar-refractivity contribution in [1.82, 2.24) is 15.4 Å².